The number of aryl methyl sites for hydroxylation is 2. The lowest BCUT2D eigenvalue weighted by molar-refractivity contribution is -0.153. The number of ether oxygens (including phenoxy) is 1. The van der Waals surface area contributed by atoms with E-state index in [9.17, 15) is 19.2 Å². The molecule has 10 nitrogen and oxygen atoms in total. The van der Waals surface area contributed by atoms with Crippen LogP contribution in [-0.2, 0) is 34.0 Å². The van der Waals surface area contributed by atoms with Crippen molar-refractivity contribution in [3.05, 3.63) is 26.7 Å². The maximum atomic E-state index is 12.7. The normalized spacial score (nSPS) is 17.1. The van der Waals surface area contributed by atoms with Crippen molar-refractivity contribution < 1.29 is 14.3 Å². The van der Waals surface area contributed by atoms with Crippen LogP contribution in [0.5, 0.6) is 0 Å². The second kappa shape index (κ2) is 9.30. The van der Waals surface area contributed by atoms with E-state index in [4.69, 9.17) is 4.74 Å². The molecule has 0 radical (unpaired) electrons. The molecule has 1 saturated heterocycles. The molecule has 2 fully saturated rings. The van der Waals surface area contributed by atoms with Gasteiger partial charge in [-0.25, -0.2) is 9.78 Å². The Morgan fingerprint density at radius 3 is 2.41 bits per heavy atom. The predicted molar refractivity (Wildman–Crippen MR) is 117 cm³/mol. The van der Waals surface area contributed by atoms with Crippen molar-refractivity contribution in [1.82, 2.24) is 24.0 Å². The first-order valence-electron chi connectivity index (χ1n) is 11.6. The molecule has 1 N–H and O–H groups in total. The van der Waals surface area contributed by atoms with Gasteiger partial charge in [0.15, 0.2) is 11.2 Å². The Balaban J connectivity index is 1.46. The fourth-order valence-electron chi connectivity index (χ4n) is 4.37. The molecule has 1 amide bonds. The van der Waals surface area contributed by atoms with Crippen LogP contribution in [0.4, 0.5) is 0 Å². The molecule has 32 heavy (non-hydrogen) atoms. The van der Waals surface area contributed by atoms with Gasteiger partial charge in [-0.2, -0.15) is 0 Å². The van der Waals surface area contributed by atoms with E-state index in [1.807, 2.05) is 18.7 Å². The monoisotopic (exact) mass is 445 g/mol. The Morgan fingerprint density at radius 1 is 1.06 bits per heavy atom. The fourth-order valence-corrected chi connectivity index (χ4v) is 4.37. The SMILES string of the molecule is CCCCn1c(=O)[nH]c(=O)c2c1nc(COC(=O)C1CCN(C(=O)C3CC3)CC1)n2CC. The Bertz CT molecular complexity index is 1120. The summed E-state index contributed by atoms with van der Waals surface area (Å²) in [5, 5.41) is 0. The standard InChI is InChI=1S/C22H31N5O5/c1-3-5-10-27-18-17(19(28)24-22(27)31)26(4-2)16(23-18)13-32-21(30)15-8-11-25(12-9-15)20(29)14-6-7-14/h14-15H,3-13H2,1-2H3,(H,24,28,31). The van der Waals surface area contributed by atoms with Crippen molar-refractivity contribution in [1.29, 1.82) is 0 Å². The van der Waals surface area contributed by atoms with Gasteiger partial charge in [-0.15, -0.1) is 0 Å². The van der Waals surface area contributed by atoms with E-state index in [1.165, 1.54) is 4.57 Å². The molecule has 0 unspecified atom stereocenters. The highest BCUT2D eigenvalue weighted by Crippen LogP contribution is 2.32. The number of likely N-dealkylation sites (tertiary alicyclic amines) is 1. The van der Waals surface area contributed by atoms with Crippen molar-refractivity contribution in [3.8, 4) is 0 Å². The largest absolute Gasteiger partial charge is 0.457 e. The van der Waals surface area contributed by atoms with E-state index in [1.54, 1.807) is 4.57 Å². The quantitative estimate of drug-likeness (QED) is 0.614. The number of amides is 1. The van der Waals surface area contributed by atoms with E-state index in [0.29, 0.717) is 56.0 Å². The first kappa shape index (κ1) is 22.3. The highest BCUT2D eigenvalue weighted by atomic mass is 16.5. The lowest BCUT2D eigenvalue weighted by atomic mass is 9.97. The molecule has 0 atom stereocenters. The molecule has 1 aliphatic carbocycles. The number of fused-ring (bicyclic) bond motifs is 1. The molecule has 4 rings (SSSR count). The van der Waals surface area contributed by atoms with Crippen LogP contribution in [0.2, 0.25) is 0 Å². The van der Waals surface area contributed by atoms with Gasteiger partial charge in [-0.05, 0) is 39.0 Å². The van der Waals surface area contributed by atoms with Gasteiger partial charge in [0.05, 0.1) is 5.92 Å². The van der Waals surface area contributed by atoms with Crippen molar-refractivity contribution in [2.24, 2.45) is 11.8 Å². The van der Waals surface area contributed by atoms with Gasteiger partial charge in [-0.1, -0.05) is 13.3 Å². The maximum absolute atomic E-state index is 12.7. The van der Waals surface area contributed by atoms with E-state index < -0.39 is 11.2 Å². The van der Waals surface area contributed by atoms with E-state index >= 15 is 0 Å². The summed E-state index contributed by atoms with van der Waals surface area (Å²) >= 11 is 0. The van der Waals surface area contributed by atoms with Crippen LogP contribution in [-0.4, -0.2) is 49.0 Å². The van der Waals surface area contributed by atoms with Crippen molar-refractivity contribution in [3.63, 3.8) is 0 Å². The third-order valence-electron chi connectivity index (χ3n) is 6.43. The minimum Gasteiger partial charge on any atom is -0.457 e. The summed E-state index contributed by atoms with van der Waals surface area (Å²) in [5.41, 5.74) is -0.321. The Kier molecular flexibility index (Phi) is 6.48. The van der Waals surface area contributed by atoms with Gasteiger partial charge >= 0.3 is 11.7 Å². The first-order valence-corrected chi connectivity index (χ1v) is 11.6. The highest BCUT2D eigenvalue weighted by Gasteiger charge is 2.36. The first-order chi connectivity index (χ1) is 15.4. The Labute approximate surface area is 185 Å². The van der Waals surface area contributed by atoms with Gasteiger partial charge in [-0.3, -0.25) is 23.9 Å². The third kappa shape index (κ3) is 4.35. The van der Waals surface area contributed by atoms with Gasteiger partial charge in [0, 0.05) is 32.1 Å². The summed E-state index contributed by atoms with van der Waals surface area (Å²) in [4.78, 5) is 58.4. The summed E-state index contributed by atoms with van der Waals surface area (Å²) in [7, 11) is 0. The summed E-state index contributed by atoms with van der Waals surface area (Å²) < 4.78 is 8.73. The molecule has 2 aromatic rings. The molecule has 174 valence electrons. The average Bonchev–Trinajstić information content (AvgIpc) is 3.57. The number of carbonyl (C=O) groups excluding carboxylic acids is 2. The highest BCUT2D eigenvalue weighted by molar-refractivity contribution is 5.81. The van der Waals surface area contributed by atoms with Gasteiger partial charge < -0.3 is 14.2 Å². The second-order valence-electron chi connectivity index (χ2n) is 8.69. The van der Waals surface area contributed by atoms with Crippen LogP contribution >= 0.6 is 0 Å². The lowest BCUT2D eigenvalue weighted by Crippen LogP contribution is -2.41. The van der Waals surface area contributed by atoms with E-state index in [0.717, 1.165) is 25.7 Å². The fraction of sp³-hybridized carbons (Fsp3) is 0.682. The number of nitrogens with zero attached hydrogens (tertiary/aromatic N) is 4. The van der Waals surface area contributed by atoms with Crippen molar-refractivity contribution >= 4 is 23.0 Å². The van der Waals surface area contributed by atoms with Crippen LogP contribution in [0.1, 0.15) is 58.2 Å². The summed E-state index contributed by atoms with van der Waals surface area (Å²) in [6.07, 6.45) is 4.83. The maximum Gasteiger partial charge on any atom is 0.330 e. The zero-order valence-corrected chi connectivity index (χ0v) is 18.8. The average molecular weight is 446 g/mol. The number of aromatic nitrogens is 4. The Hall–Kier alpha value is -2.91. The van der Waals surface area contributed by atoms with Crippen LogP contribution in [0.25, 0.3) is 11.2 Å². The number of aromatic amines is 1. The molecule has 2 aliphatic rings. The molecule has 10 heteroatoms. The summed E-state index contributed by atoms with van der Waals surface area (Å²) in [6.45, 7) is 5.92. The van der Waals surface area contributed by atoms with Crippen molar-refractivity contribution in [2.45, 2.75) is 72.1 Å². The Morgan fingerprint density at radius 2 is 1.78 bits per heavy atom. The number of hydrogen-bond acceptors (Lipinski definition) is 6. The molecule has 0 aromatic carbocycles. The third-order valence-corrected chi connectivity index (χ3v) is 6.43. The van der Waals surface area contributed by atoms with Crippen LogP contribution in [0.15, 0.2) is 9.59 Å². The number of imidazole rings is 1. The molecule has 0 spiro atoms. The minimum atomic E-state index is -0.489. The molecule has 2 aromatic heterocycles. The summed E-state index contributed by atoms with van der Waals surface area (Å²) in [5.74, 6) is 0.295. The summed E-state index contributed by atoms with van der Waals surface area (Å²) in [6, 6.07) is 0. The second-order valence-corrected chi connectivity index (χ2v) is 8.69. The van der Waals surface area contributed by atoms with E-state index in [2.05, 4.69) is 9.97 Å². The topological polar surface area (TPSA) is 119 Å². The number of hydrogen-bond donors (Lipinski definition) is 1. The zero-order valence-electron chi connectivity index (χ0n) is 18.8. The van der Waals surface area contributed by atoms with Crippen LogP contribution in [0, 0.1) is 11.8 Å². The number of esters is 1. The molecule has 1 saturated carbocycles. The molecule has 1 aliphatic heterocycles. The number of nitrogens with one attached hydrogen (secondary N) is 1. The minimum absolute atomic E-state index is 0.0655. The number of piperidine rings is 1. The molecule has 0 bridgehead atoms. The van der Waals surface area contributed by atoms with Gasteiger partial charge in [0.25, 0.3) is 5.56 Å². The van der Waals surface area contributed by atoms with Crippen LogP contribution < -0.4 is 11.2 Å². The zero-order chi connectivity index (χ0) is 22.8. The smallest absolute Gasteiger partial charge is 0.330 e. The number of carbonyl (C=O) groups is 2. The predicted octanol–water partition coefficient (Wildman–Crippen LogP) is 1.40. The lowest BCUT2D eigenvalue weighted by Gasteiger charge is -2.31. The number of rotatable bonds is 8. The van der Waals surface area contributed by atoms with Gasteiger partial charge in [0.1, 0.15) is 12.4 Å². The number of H-pyrrole nitrogens is 1. The van der Waals surface area contributed by atoms with Gasteiger partial charge in [0.2, 0.25) is 5.91 Å². The number of unbranched alkanes of at least 4 members (excludes halogenated alkanes) is 1. The van der Waals surface area contributed by atoms with E-state index in [-0.39, 0.29) is 30.3 Å². The molecular weight excluding hydrogens is 414 g/mol. The molecular formula is C22H31N5O5. The molecule has 3 heterocycles. The van der Waals surface area contributed by atoms with Crippen molar-refractivity contribution in [2.75, 3.05) is 13.1 Å². The van der Waals surface area contributed by atoms with Crippen LogP contribution in [0.3, 0.4) is 0 Å².